The maximum Gasteiger partial charge on any atom is 0.161 e. The van der Waals surface area contributed by atoms with Gasteiger partial charge in [0.1, 0.15) is 11.9 Å². The van der Waals surface area contributed by atoms with E-state index in [1.54, 1.807) is 36.7 Å². The lowest BCUT2D eigenvalue weighted by atomic mass is 9.96. The molecular formula is C16H10F3NO. The third kappa shape index (κ3) is 2.36. The Bertz CT molecular complexity index is 814. The van der Waals surface area contributed by atoms with Gasteiger partial charge in [0.2, 0.25) is 0 Å². The molecule has 0 saturated carbocycles. The molecule has 0 radical (unpaired) electrons. The van der Waals surface area contributed by atoms with Crippen molar-refractivity contribution in [3.63, 3.8) is 0 Å². The number of nitrogens with zero attached hydrogens (tertiary/aromatic N) is 1. The highest BCUT2D eigenvalue weighted by Crippen LogP contribution is 2.30. The Balaban J connectivity index is 2.17. The summed E-state index contributed by atoms with van der Waals surface area (Å²) in [4.78, 5) is 3.96. The number of pyridine rings is 1. The average molecular weight is 289 g/mol. The van der Waals surface area contributed by atoms with Crippen molar-refractivity contribution in [1.29, 1.82) is 0 Å². The largest absolute Gasteiger partial charge is 0.384 e. The summed E-state index contributed by atoms with van der Waals surface area (Å²) in [6, 6.07) is 7.86. The monoisotopic (exact) mass is 289 g/mol. The van der Waals surface area contributed by atoms with Gasteiger partial charge < -0.3 is 5.11 Å². The molecule has 3 rings (SSSR count). The van der Waals surface area contributed by atoms with E-state index in [1.807, 2.05) is 0 Å². The summed E-state index contributed by atoms with van der Waals surface area (Å²) >= 11 is 0. The Kier molecular flexibility index (Phi) is 3.35. The molecule has 0 bridgehead atoms. The molecule has 1 atom stereocenters. The molecular weight excluding hydrogens is 279 g/mol. The summed E-state index contributed by atoms with van der Waals surface area (Å²) in [7, 11) is 0. The Morgan fingerprint density at radius 3 is 2.48 bits per heavy atom. The minimum atomic E-state index is -1.40. The fourth-order valence-electron chi connectivity index (χ4n) is 2.30. The van der Waals surface area contributed by atoms with E-state index >= 15 is 0 Å². The van der Waals surface area contributed by atoms with Gasteiger partial charge in [-0.1, -0.05) is 18.2 Å². The van der Waals surface area contributed by atoms with Crippen molar-refractivity contribution in [2.75, 3.05) is 0 Å². The fraction of sp³-hybridized carbons (Fsp3) is 0.0625. The number of aliphatic hydroxyl groups excluding tert-OH is 1. The van der Waals surface area contributed by atoms with Crippen molar-refractivity contribution in [2.24, 2.45) is 0 Å². The molecule has 1 N–H and O–H groups in total. The molecule has 0 spiro atoms. The maximum atomic E-state index is 13.8. The van der Waals surface area contributed by atoms with Gasteiger partial charge in [-0.2, -0.15) is 0 Å². The predicted molar refractivity (Wildman–Crippen MR) is 72.1 cm³/mol. The zero-order valence-corrected chi connectivity index (χ0v) is 10.7. The van der Waals surface area contributed by atoms with Crippen LogP contribution in [0.15, 0.2) is 48.8 Å². The van der Waals surface area contributed by atoms with E-state index in [1.165, 1.54) is 0 Å². The second kappa shape index (κ2) is 5.18. The van der Waals surface area contributed by atoms with E-state index in [0.717, 1.165) is 5.39 Å². The van der Waals surface area contributed by atoms with Gasteiger partial charge in [0, 0.05) is 29.4 Å². The Morgan fingerprint density at radius 1 is 0.905 bits per heavy atom. The van der Waals surface area contributed by atoms with E-state index in [0.29, 0.717) is 23.1 Å². The van der Waals surface area contributed by atoms with Crippen LogP contribution in [-0.4, -0.2) is 10.1 Å². The number of hydrogen-bond donors (Lipinski definition) is 1. The molecule has 5 heteroatoms. The summed E-state index contributed by atoms with van der Waals surface area (Å²) in [5.74, 6) is -3.48. The molecule has 3 aromatic rings. The zero-order valence-electron chi connectivity index (χ0n) is 10.7. The summed E-state index contributed by atoms with van der Waals surface area (Å²) in [5, 5.41) is 11.8. The molecule has 106 valence electrons. The molecule has 0 amide bonds. The summed E-state index contributed by atoms with van der Waals surface area (Å²) in [6.07, 6.45) is 1.75. The van der Waals surface area contributed by atoms with Gasteiger partial charge in [0.25, 0.3) is 0 Å². The Morgan fingerprint density at radius 2 is 1.67 bits per heavy atom. The van der Waals surface area contributed by atoms with Crippen LogP contribution in [0, 0.1) is 17.5 Å². The number of rotatable bonds is 2. The van der Waals surface area contributed by atoms with Crippen molar-refractivity contribution in [3.05, 3.63) is 77.4 Å². The van der Waals surface area contributed by atoms with Gasteiger partial charge in [-0.05, 0) is 23.1 Å². The molecule has 0 aliphatic rings. The van der Waals surface area contributed by atoms with Crippen LogP contribution in [0.2, 0.25) is 0 Å². The van der Waals surface area contributed by atoms with E-state index in [9.17, 15) is 18.3 Å². The first kappa shape index (κ1) is 13.6. The van der Waals surface area contributed by atoms with E-state index in [4.69, 9.17) is 0 Å². The van der Waals surface area contributed by atoms with Gasteiger partial charge >= 0.3 is 0 Å². The first-order valence-electron chi connectivity index (χ1n) is 6.23. The highest BCUT2D eigenvalue weighted by molar-refractivity contribution is 5.85. The van der Waals surface area contributed by atoms with Crippen LogP contribution in [0.5, 0.6) is 0 Å². The first-order valence-corrected chi connectivity index (χ1v) is 6.23. The van der Waals surface area contributed by atoms with Gasteiger partial charge in [-0.25, -0.2) is 13.2 Å². The van der Waals surface area contributed by atoms with Gasteiger partial charge in [-0.3, -0.25) is 4.98 Å². The number of halogens is 3. The minimum Gasteiger partial charge on any atom is -0.384 e. The molecule has 0 aliphatic heterocycles. The van der Waals surface area contributed by atoms with E-state index in [-0.39, 0.29) is 5.56 Å². The minimum absolute atomic E-state index is 0.307. The lowest BCUT2D eigenvalue weighted by molar-refractivity contribution is 0.215. The number of hydrogen-bond acceptors (Lipinski definition) is 2. The Hall–Kier alpha value is -2.40. The topological polar surface area (TPSA) is 33.1 Å². The van der Waals surface area contributed by atoms with Crippen LogP contribution in [0.25, 0.3) is 10.8 Å². The van der Waals surface area contributed by atoms with Crippen LogP contribution >= 0.6 is 0 Å². The van der Waals surface area contributed by atoms with Crippen molar-refractivity contribution in [1.82, 2.24) is 4.98 Å². The molecule has 0 fully saturated rings. The summed E-state index contributed by atoms with van der Waals surface area (Å²) in [6.45, 7) is 0. The van der Waals surface area contributed by atoms with Crippen LogP contribution in [0.1, 0.15) is 17.2 Å². The van der Waals surface area contributed by atoms with Crippen molar-refractivity contribution in [3.8, 4) is 0 Å². The highest BCUT2D eigenvalue weighted by Gasteiger charge is 2.20. The number of benzene rings is 2. The smallest absolute Gasteiger partial charge is 0.161 e. The van der Waals surface area contributed by atoms with Crippen LogP contribution in [-0.2, 0) is 0 Å². The normalized spacial score (nSPS) is 12.6. The van der Waals surface area contributed by atoms with Crippen LogP contribution in [0.3, 0.4) is 0 Å². The molecule has 0 saturated heterocycles. The van der Waals surface area contributed by atoms with Gasteiger partial charge in [0.05, 0.1) is 0 Å². The number of fused-ring (bicyclic) bond motifs is 1. The van der Waals surface area contributed by atoms with E-state index in [2.05, 4.69) is 4.98 Å². The quantitative estimate of drug-likeness (QED) is 0.729. The maximum absolute atomic E-state index is 13.8. The molecule has 1 unspecified atom stereocenters. The third-order valence-electron chi connectivity index (χ3n) is 3.34. The molecule has 2 aromatic carbocycles. The molecule has 1 heterocycles. The van der Waals surface area contributed by atoms with Crippen molar-refractivity contribution >= 4 is 10.8 Å². The second-order valence-electron chi connectivity index (χ2n) is 4.63. The first-order chi connectivity index (χ1) is 10.1. The SMILES string of the molecule is OC(c1cc(F)c(F)cc1F)c1cccc2cnccc12. The lowest BCUT2D eigenvalue weighted by Gasteiger charge is -2.15. The van der Waals surface area contributed by atoms with Gasteiger partial charge in [-0.15, -0.1) is 0 Å². The third-order valence-corrected chi connectivity index (χ3v) is 3.34. The fourth-order valence-corrected chi connectivity index (χ4v) is 2.30. The van der Waals surface area contributed by atoms with Crippen molar-refractivity contribution < 1.29 is 18.3 Å². The number of aromatic nitrogens is 1. The standard InChI is InChI=1S/C16H10F3NO/c17-13-7-15(19)14(18)6-12(13)16(21)11-3-1-2-9-8-20-5-4-10(9)11/h1-8,16,21H. The summed E-state index contributed by atoms with van der Waals surface area (Å²) in [5.41, 5.74) is 0.0954. The highest BCUT2D eigenvalue weighted by atomic mass is 19.2. The predicted octanol–water partition coefficient (Wildman–Crippen LogP) is 3.73. The lowest BCUT2D eigenvalue weighted by Crippen LogP contribution is -2.05. The van der Waals surface area contributed by atoms with Crippen LogP contribution < -0.4 is 0 Å². The number of aliphatic hydroxyl groups is 1. The zero-order chi connectivity index (χ0) is 15.0. The second-order valence-corrected chi connectivity index (χ2v) is 4.63. The molecule has 1 aromatic heterocycles. The van der Waals surface area contributed by atoms with E-state index < -0.39 is 23.6 Å². The van der Waals surface area contributed by atoms with Crippen LogP contribution in [0.4, 0.5) is 13.2 Å². The average Bonchev–Trinajstić information content (AvgIpc) is 2.49. The molecule has 21 heavy (non-hydrogen) atoms. The summed E-state index contributed by atoms with van der Waals surface area (Å²) < 4.78 is 40.0. The molecule has 2 nitrogen and oxygen atoms in total. The Labute approximate surface area is 118 Å². The van der Waals surface area contributed by atoms with Crippen molar-refractivity contribution in [2.45, 2.75) is 6.10 Å². The molecule has 0 aliphatic carbocycles. The van der Waals surface area contributed by atoms with Gasteiger partial charge in [0.15, 0.2) is 11.6 Å².